The normalized spacial score (nSPS) is 33.1. The van der Waals surface area contributed by atoms with E-state index in [4.69, 9.17) is 23.2 Å². The summed E-state index contributed by atoms with van der Waals surface area (Å²) in [4.78, 5) is 3.91. The molecule has 0 aromatic rings. The van der Waals surface area contributed by atoms with Crippen molar-refractivity contribution in [2.24, 2.45) is 10.1 Å². The third-order valence-electron chi connectivity index (χ3n) is 2.09. The van der Waals surface area contributed by atoms with Crippen LogP contribution in [0.25, 0.3) is 0 Å². The second-order valence-electron chi connectivity index (χ2n) is 2.98. The first kappa shape index (κ1) is 8.08. The van der Waals surface area contributed by atoms with Crippen molar-refractivity contribution in [1.82, 2.24) is 5.01 Å². The molecule has 3 nitrogen and oxygen atoms in total. The molecule has 0 saturated carbocycles. The topological polar surface area (TPSA) is 28.0 Å². The van der Waals surface area contributed by atoms with Gasteiger partial charge in [-0.3, -0.25) is 5.01 Å². The summed E-state index contributed by atoms with van der Waals surface area (Å²) < 4.78 is 0. The van der Waals surface area contributed by atoms with Crippen LogP contribution in [-0.2, 0) is 0 Å². The minimum Gasteiger partial charge on any atom is -0.257 e. The van der Waals surface area contributed by atoms with Gasteiger partial charge in [0.2, 0.25) is 5.29 Å². The molecule has 12 heavy (non-hydrogen) atoms. The van der Waals surface area contributed by atoms with Gasteiger partial charge in [0.15, 0.2) is 0 Å². The number of nitrogens with zero attached hydrogens (tertiary/aromatic N) is 3. The largest absolute Gasteiger partial charge is 0.257 e. The summed E-state index contributed by atoms with van der Waals surface area (Å²) in [5.41, 5.74) is -0.306. The molecule has 1 atom stereocenters. The van der Waals surface area contributed by atoms with Crippen LogP contribution in [0.15, 0.2) is 22.4 Å². The summed E-state index contributed by atoms with van der Waals surface area (Å²) in [6, 6.07) is 0. The monoisotopic (exact) mass is 203 g/mol. The van der Waals surface area contributed by atoms with Crippen molar-refractivity contribution in [3.8, 4) is 0 Å². The Morgan fingerprint density at radius 1 is 1.58 bits per heavy atom. The summed E-state index contributed by atoms with van der Waals surface area (Å²) in [6.45, 7) is 1.98. The Kier molecular flexibility index (Phi) is 1.66. The number of hydrogen-bond donors (Lipinski definition) is 0. The molecule has 2 rings (SSSR count). The molecule has 0 aromatic heterocycles. The Balaban J connectivity index is 2.44. The minimum absolute atomic E-state index is 0.184. The van der Waals surface area contributed by atoms with E-state index in [0.717, 1.165) is 6.42 Å². The lowest BCUT2D eigenvalue weighted by molar-refractivity contribution is 0.273. The summed E-state index contributed by atoms with van der Waals surface area (Å²) in [6.07, 6.45) is 4.68. The highest BCUT2D eigenvalue weighted by Gasteiger charge is 2.40. The second kappa shape index (κ2) is 2.47. The molecule has 0 aliphatic carbocycles. The number of amidine groups is 1. The molecular formula is C7H7Cl2N3. The van der Waals surface area contributed by atoms with Gasteiger partial charge in [-0.2, -0.15) is 0 Å². The lowest BCUT2D eigenvalue weighted by atomic mass is 10.0. The van der Waals surface area contributed by atoms with Gasteiger partial charge in [0.05, 0.1) is 0 Å². The summed E-state index contributed by atoms with van der Waals surface area (Å²) in [5.74, 6) is 0. The zero-order valence-corrected chi connectivity index (χ0v) is 7.97. The molecule has 2 heterocycles. The second-order valence-corrected chi connectivity index (χ2v) is 3.68. The SMILES string of the molecule is CC12CC=CN1N=C(Cl)N=C2Cl. The van der Waals surface area contributed by atoms with Crippen molar-refractivity contribution < 1.29 is 0 Å². The molecular weight excluding hydrogens is 197 g/mol. The van der Waals surface area contributed by atoms with Crippen molar-refractivity contribution in [2.45, 2.75) is 18.9 Å². The molecule has 5 heteroatoms. The Bertz CT molecular complexity index is 308. The minimum atomic E-state index is -0.306. The lowest BCUT2D eigenvalue weighted by Crippen LogP contribution is -2.44. The average molecular weight is 204 g/mol. The lowest BCUT2D eigenvalue weighted by Gasteiger charge is -2.33. The van der Waals surface area contributed by atoms with Crippen molar-refractivity contribution in [1.29, 1.82) is 0 Å². The van der Waals surface area contributed by atoms with Gasteiger partial charge >= 0.3 is 0 Å². The van der Waals surface area contributed by atoms with Crippen LogP contribution in [0.5, 0.6) is 0 Å². The van der Waals surface area contributed by atoms with E-state index >= 15 is 0 Å². The van der Waals surface area contributed by atoms with E-state index < -0.39 is 0 Å². The summed E-state index contributed by atoms with van der Waals surface area (Å²) in [7, 11) is 0. The summed E-state index contributed by atoms with van der Waals surface area (Å²) in [5, 5.41) is 6.44. The highest BCUT2D eigenvalue weighted by molar-refractivity contribution is 6.73. The molecule has 0 saturated heterocycles. The van der Waals surface area contributed by atoms with Gasteiger partial charge in [-0.1, -0.05) is 17.7 Å². The first-order chi connectivity index (χ1) is 5.63. The van der Waals surface area contributed by atoms with E-state index in [9.17, 15) is 0 Å². The number of aliphatic imine (C=N–C) groups is 1. The van der Waals surface area contributed by atoms with Gasteiger partial charge in [-0.25, -0.2) is 4.99 Å². The fourth-order valence-corrected chi connectivity index (χ4v) is 1.73. The Morgan fingerprint density at radius 3 is 3.08 bits per heavy atom. The highest BCUT2D eigenvalue weighted by Crippen LogP contribution is 2.33. The number of rotatable bonds is 0. The van der Waals surface area contributed by atoms with Crippen LogP contribution in [0.3, 0.4) is 0 Å². The molecule has 0 aromatic carbocycles. The van der Waals surface area contributed by atoms with Crippen molar-refractivity contribution >= 4 is 33.7 Å². The predicted molar refractivity (Wildman–Crippen MR) is 50.6 cm³/mol. The van der Waals surface area contributed by atoms with Crippen LogP contribution < -0.4 is 0 Å². The summed E-state index contributed by atoms with van der Waals surface area (Å²) >= 11 is 11.6. The van der Waals surface area contributed by atoms with E-state index in [-0.39, 0.29) is 10.8 Å². The maximum absolute atomic E-state index is 5.96. The smallest absolute Gasteiger partial charge is 0.241 e. The molecule has 0 radical (unpaired) electrons. The third kappa shape index (κ3) is 0.967. The molecule has 0 amide bonds. The average Bonchev–Trinajstić information content (AvgIpc) is 2.33. The van der Waals surface area contributed by atoms with E-state index in [1.807, 2.05) is 19.2 Å². The van der Waals surface area contributed by atoms with Crippen molar-refractivity contribution in [2.75, 3.05) is 0 Å². The Morgan fingerprint density at radius 2 is 2.33 bits per heavy atom. The molecule has 0 bridgehead atoms. The van der Waals surface area contributed by atoms with Gasteiger partial charge in [0.25, 0.3) is 0 Å². The van der Waals surface area contributed by atoms with E-state index in [0.29, 0.717) is 5.17 Å². The van der Waals surface area contributed by atoms with Crippen molar-refractivity contribution in [3.05, 3.63) is 12.3 Å². The Labute approximate surface area is 80.4 Å². The third-order valence-corrected chi connectivity index (χ3v) is 2.74. The molecule has 2 aliphatic heterocycles. The number of halogens is 2. The molecule has 64 valence electrons. The maximum Gasteiger partial charge on any atom is 0.241 e. The first-order valence-corrected chi connectivity index (χ1v) is 4.33. The van der Waals surface area contributed by atoms with Crippen LogP contribution in [0, 0.1) is 0 Å². The van der Waals surface area contributed by atoms with Crippen molar-refractivity contribution in [3.63, 3.8) is 0 Å². The highest BCUT2D eigenvalue weighted by atomic mass is 35.5. The van der Waals surface area contributed by atoms with Gasteiger partial charge < -0.3 is 0 Å². The Hall–Kier alpha value is -0.540. The van der Waals surface area contributed by atoms with Crippen LogP contribution in [0.2, 0.25) is 0 Å². The molecule has 2 aliphatic rings. The molecule has 0 spiro atoms. The van der Waals surface area contributed by atoms with Gasteiger partial charge in [0, 0.05) is 6.20 Å². The van der Waals surface area contributed by atoms with E-state index in [1.165, 1.54) is 0 Å². The zero-order chi connectivity index (χ0) is 8.77. The van der Waals surface area contributed by atoms with Gasteiger partial charge in [0.1, 0.15) is 10.7 Å². The quantitative estimate of drug-likeness (QED) is 0.555. The first-order valence-electron chi connectivity index (χ1n) is 3.58. The molecule has 0 fully saturated rings. The fourth-order valence-electron chi connectivity index (χ4n) is 1.28. The molecule has 1 unspecified atom stereocenters. The zero-order valence-electron chi connectivity index (χ0n) is 6.46. The van der Waals surface area contributed by atoms with Crippen LogP contribution in [-0.4, -0.2) is 21.0 Å². The number of hydrazone groups is 1. The predicted octanol–water partition coefficient (Wildman–Crippen LogP) is 2.13. The number of hydrogen-bond acceptors (Lipinski definition) is 3. The van der Waals surface area contributed by atoms with Crippen LogP contribution in [0.1, 0.15) is 13.3 Å². The van der Waals surface area contributed by atoms with E-state index in [1.54, 1.807) is 5.01 Å². The standard InChI is InChI=1S/C7H7Cl2N3/c1-7-3-2-4-12(7)11-6(9)10-5(7)8/h2,4H,3H2,1H3. The molecule has 0 N–H and O–H groups in total. The van der Waals surface area contributed by atoms with Gasteiger partial charge in [-0.05, 0) is 24.9 Å². The van der Waals surface area contributed by atoms with Crippen LogP contribution in [0.4, 0.5) is 0 Å². The van der Waals surface area contributed by atoms with E-state index in [2.05, 4.69) is 10.1 Å². The number of fused-ring (bicyclic) bond motifs is 1. The van der Waals surface area contributed by atoms with Gasteiger partial charge in [-0.15, -0.1) is 5.10 Å². The maximum atomic E-state index is 5.96. The fraction of sp³-hybridized carbons (Fsp3) is 0.429. The van der Waals surface area contributed by atoms with Crippen LogP contribution >= 0.6 is 23.2 Å².